The molecule has 1 heterocycles. The zero-order valence-corrected chi connectivity index (χ0v) is 13.0. The fraction of sp³-hybridized carbons (Fsp3) is 0.353. The predicted octanol–water partition coefficient (Wildman–Crippen LogP) is 4.62. The van der Waals surface area contributed by atoms with Crippen molar-refractivity contribution in [1.82, 2.24) is 4.57 Å². The van der Waals surface area contributed by atoms with E-state index in [0.29, 0.717) is 11.6 Å². The molecule has 0 aliphatic carbocycles. The van der Waals surface area contributed by atoms with Gasteiger partial charge < -0.3 is 9.67 Å². The second kappa shape index (κ2) is 5.35. The van der Waals surface area contributed by atoms with Crippen LogP contribution >= 0.6 is 0 Å². The van der Waals surface area contributed by atoms with Gasteiger partial charge >= 0.3 is 5.97 Å². The van der Waals surface area contributed by atoms with E-state index < -0.39 is 11.8 Å². The lowest BCUT2D eigenvalue weighted by Gasteiger charge is -2.12. The van der Waals surface area contributed by atoms with Crippen molar-refractivity contribution >= 4 is 22.4 Å². The summed E-state index contributed by atoms with van der Waals surface area (Å²) in [6, 6.07) is 5.91. The Hall–Kier alpha value is -2.10. The Morgan fingerprint density at radius 3 is 2.43 bits per heavy atom. The zero-order valence-electron chi connectivity index (χ0n) is 13.0. The molecular weight excluding hydrogens is 269 g/mol. The van der Waals surface area contributed by atoms with Gasteiger partial charge in [-0.15, -0.1) is 0 Å². The summed E-state index contributed by atoms with van der Waals surface area (Å²) in [4.78, 5) is 10.8. The Bertz CT molecular complexity index is 754. The third-order valence-corrected chi connectivity index (χ3v) is 4.03. The van der Waals surface area contributed by atoms with Crippen molar-refractivity contribution in [3.63, 3.8) is 0 Å². The number of carboxylic acids is 1. The van der Waals surface area contributed by atoms with Gasteiger partial charge in [0.2, 0.25) is 5.83 Å². The molecule has 3 nitrogen and oxygen atoms in total. The Labute approximate surface area is 123 Å². The minimum absolute atomic E-state index is 0.152. The molecule has 0 atom stereocenters. The first-order chi connectivity index (χ1) is 9.75. The van der Waals surface area contributed by atoms with Crippen LogP contribution in [-0.2, 0) is 4.79 Å². The average molecular weight is 289 g/mol. The van der Waals surface area contributed by atoms with Crippen molar-refractivity contribution < 1.29 is 14.3 Å². The lowest BCUT2D eigenvalue weighted by molar-refractivity contribution is -0.134. The number of fused-ring (bicyclic) bond motifs is 1. The molecular formula is C17H20FNO2. The molecule has 0 spiro atoms. The summed E-state index contributed by atoms with van der Waals surface area (Å²) in [5, 5.41) is 9.80. The largest absolute Gasteiger partial charge is 0.476 e. The van der Waals surface area contributed by atoms with Gasteiger partial charge in [0.1, 0.15) is 0 Å². The maximum absolute atomic E-state index is 13.6. The number of carboxylic acid groups (broad SMARTS) is 1. The Morgan fingerprint density at radius 2 is 1.90 bits per heavy atom. The highest BCUT2D eigenvalue weighted by Crippen LogP contribution is 2.31. The van der Waals surface area contributed by atoms with E-state index >= 15 is 0 Å². The van der Waals surface area contributed by atoms with Crippen LogP contribution < -0.4 is 0 Å². The van der Waals surface area contributed by atoms with Gasteiger partial charge in [-0.25, -0.2) is 4.79 Å². The molecule has 0 aliphatic rings. The fourth-order valence-electron chi connectivity index (χ4n) is 2.79. The van der Waals surface area contributed by atoms with Crippen molar-refractivity contribution in [2.24, 2.45) is 0 Å². The van der Waals surface area contributed by atoms with Gasteiger partial charge in [-0.05, 0) is 63.5 Å². The molecule has 0 amide bonds. The summed E-state index contributed by atoms with van der Waals surface area (Å²) in [5.41, 5.74) is 4.17. The number of hydrogen-bond acceptors (Lipinski definition) is 1. The molecule has 112 valence electrons. The third kappa shape index (κ3) is 2.46. The van der Waals surface area contributed by atoms with Crippen LogP contribution in [0.15, 0.2) is 24.0 Å². The van der Waals surface area contributed by atoms with Crippen LogP contribution in [-0.4, -0.2) is 15.6 Å². The van der Waals surface area contributed by atoms with Crippen molar-refractivity contribution in [3.8, 4) is 0 Å². The first-order valence-corrected chi connectivity index (χ1v) is 6.96. The topological polar surface area (TPSA) is 42.2 Å². The van der Waals surface area contributed by atoms with E-state index in [4.69, 9.17) is 5.11 Å². The number of halogens is 1. The number of benzene rings is 1. The molecule has 1 aromatic heterocycles. The van der Waals surface area contributed by atoms with E-state index in [-0.39, 0.29) is 5.57 Å². The Morgan fingerprint density at radius 1 is 1.29 bits per heavy atom. The lowest BCUT2D eigenvalue weighted by atomic mass is 10.0. The number of rotatable bonds is 3. The van der Waals surface area contributed by atoms with E-state index in [0.717, 1.165) is 16.5 Å². The second-order valence-corrected chi connectivity index (χ2v) is 5.65. The quantitative estimate of drug-likeness (QED) is 0.837. The summed E-state index contributed by atoms with van der Waals surface area (Å²) in [5.74, 6) is -2.63. The standard InChI is InChI=1S/C17H20FNO2/c1-9(2)19-12(5)10(3)14-8-13(6-7-15(14)19)11(4)16(18)17(20)21/h6-9H,1-5H3,(H,20,21). The van der Waals surface area contributed by atoms with E-state index in [1.54, 1.807) is 6.07 Å². The molecule has 0 radical (unpaired) electrons. The molecule has 1 aromatic carbocycles. The smallest absolute Gasteiger partial charge is 0.365 e. The summed E-state index contributed by atoms with van der Waals surface area (Å²) in [6.45, 7) is 9.83. The maximum Gasteiger partial charge on any atom is 0.365 e. The van der Waals surface area contributed by atoms with Crippen LogP contribution in [0, 0.1) is 13.8 Å². The number of carbonyl (C=O) groups is 1. The first-order valence-electron chi connectivity index (χ1n) is 6.96. The highest BCUT2D eigenvalue weighted by Gasteiger charge is 2.16. The van der Waals surface area contributed by atoms with Gasteiger partial charge in [0.15, 0.2) is 0 Å². The van der Waals surface area contributed by atoms with Crippen LogP contribution in [0.5, 0.6) is 0 Å². The van der Waals surface area contributed by atoms with Crippen molar-refractivity contribution in [1.29, 1.82) is 0 Å². The number of allylic oxidation sites excluding steroid dienone is 1. The molecule has 4 heteroatoms. The van der Waals surface area contributed by atoms with Gasteiger partial charge in [-0.1, -0.05) is 6.07 Å². The third-order valence-electron chi connectivity index (χ3n) is 4.03. The molecule has 0 fully saturated rings. The maximum atomic E-state index is 13.6. The molecule has 0 saturated heterocycles. The molecule has 2 aromatic rings. The molecule has 0 bridgehead atoms. The number of aryl methyl sites for hydroxylation is 1. The summed E-state index contributed by atoms with van der Waals surface area (Å²) >= 11 is 0. The highest BCUT2D eigenvalue weighted by molar-refractivity contribution is 5.95. The van der Waals surface area contributed by atoms with E-state index in [9.17, 15) is 9.18 Å². The van der Waals surface area contributed by atoms with Crippen LogP contribution in [0.1, 0.15) is 43.6 Å². The molecule has 21 heavy (non-hydrogen) atoms. The monoisotopic (exact) mass is 289 g/mol. The number of hydrogen-bond donors (Lipinski definition) is 1. The fourth-order valence-corrected chi connectivity index (χ4v) is 2.79. The number of aliphatic carboxylic acids is 1. The molecule has 2 rings (SSSR count). The van der Waals surface area contributed by atoms with Crippen LogP contribution in [0.4, 0.5) is 4.39 Å². The van der Waals surface area contributed by atoms with E-state index in [1.165, 1.54) is 12.6 Å². The van der Waals surface area contributed by atoms with Crippen LogP contribution in [0.25, 0.3) is 16.5 Å². The summed E-state index contributed by atoms with van der Waals surface area (Å²) < 4.78 is 15.8. The number of aromatic nitrogens is 1. The van der Waals surface area contributed by atoms with Gasteiger partial charge in [-0.2, -0.15) is 4.39 Å². The molecule has 0 aliphatic heterocycles. The highest BCUT2D eigenvalue weighted by atomic mass is 19.1. The van der Waals surface area contributed by atoms with Crippen molar-refractivity contribution in [2.75, 3.05) is 0 Å². The lowest BCUT2D eigenvalue weighted by Crippen LogP contribution is -2.02. The zero-order chi connectivity index (χ0) is 15.9. The van der Waals surface area contributed by atoms with Gasteiger partial charge in [-0.3, -0.25) is 0 Å². The van der Waals surface area contributed by atoms with Crippen molar-refractivity contribution in [3.05, 3.63) is 40.8 Å². The summed E-state index contributed by atoms with van der Waals surface area (Å²) in [6.07, 6.45) is 0. The minimum atomic E-state index is -1.53. The average Bonchev–Trinajstić information content (AvgIpc) is 2.68. The Balaban J connectivity index is 2.72. The van der Waals surface area contributed by atoms with Gasteiger partial charge in [0.05, 0.1) is 0 Å². The molecule has 0 saturated carbocycles. The molecule has 0 unspecified atom stereocenters. The normalized spacial score (nSPS) is 12.9. The van der Waals surface area contributed by atoms with Gasteiger partial charge in [0, 0.05) is 22.6 Å². The Kier molecular flexibility index (Phi) is 3.90. The predicted molar refractivity (Wildman–Crippen MR) is 83.1 cm³/mol. The minimum Gasteiger partial charge on any atom is -0.476 e. The second-order valence-electron chi connectivity index (χ2n) is 5.65. The SMILES string of the molecule is CC(=C(F)C(=O)O)c1ccc2c(c1)c(C)c(C)n2C(C)C. The van der Waals surface area contributed by atoms with Crippen LogP contribution in [0.3, 0.4) is 0 Å². The summed E-state index contributed by atoms with van der Waals surface area (Å²) in [7, 11) is 0. The van der Waals surface area contributed by atoms with E-state index in [2.05, 4.69) is 25.3 Å². The van der Waals surface area contributed by atoms with Crippen molar-refractivity contribution in [2.45, 2.75) is 40.7 Å². The number of nitrogens with zero attached hydrogens (tertiary/aromatic N) is 1. The molecule has 1 N–H and O–H groups in total. The first kappa shape index (κ1) is 15.3. The van der Waals surface area contributed by atoms with E-state index in [1.807, 2.05) is 19.1 Å². The van der Waals surface area contributed by atoms with Crippen LogP contribution in [0.2, 0.25) is 0 Å². The van der Waals surface area contributed by atoms with Gasteiger partial charge in [0.25, 0.3) is 0 Å².